The molecule has 3 aliphatic heterocycles. The first-order valence-corrected chi connectivity index (χ1v) is 12.6. The Morgan fingerprint density at radius 1 is 1.26 bits per heavy atom. The Morgan fingerprint density at radius 3 is 2.77 bits per heavy atom. The summed E-state index contributed by atoms with van der Waals surface area (Å²) in [5.41, 5.74) is 13.2. The first-order chi connectivity index (χ1) is 17.0. The number of rotatable bonds is 7. The SMILES string of the molecule is COc1cc(C(=O)N2CC3(CNC3)C2)ccc1CN1NCc2nc(N)nc(NCC3CCCC3)c21. The van der Waals surface area contributed by atoms with Crippen LogP contribution in [0.4, 0.5) is 17.5 Å². The summed E-state index contributed by atoms with van der Waals surface area (Å²) in [7, 11) is 1.65. The molecule has 1 amide bonds. The number of carbonyl (C=O) groups is 1. The summed E-state index contributed by atoms with van der Waals surface area (Å²) in [6.07, 6.45) is 5.13. The quantitative estimate of drug-likeness (QED) is 0.471. The standard InChI is InChI=1S/C25H34N8O2/c1-35-20-8-17(23(34)32-14-25(15-32)12-27-13-25)6-7-18(20)11-33-21-19(10-29-33)30-24(26)31-22(21)28-9-16-4-2-3-5-16/h6-8,16,27,29H,2-5,9-15H2,1H3,(H3,26,28,30,31). The Bertz CT molecular complexity index is 1120. The van der Waals surface area contributed by atoms with Crippen LogP contribution >= 0.6 is 0 Å². The number of amides is 1. The van der Waals surface area contributed by atoms with Gasteiger partial charge in [-0.05, 0) is 30.9 Å². The molecule has 1 aliphatic carbocycles. The maximum absolute atomic E-state index is 13.0. The van der Waals surface area contributed by atoms with Gasteiger partial charge in [0.2, 0.25) is 5.95 Å². The number of nitrogen functional groups attached to an aromatic ring is 1. The summed E-state index contributed by atoms with van der Waals surface area (Å²) >= 11 is 0. The molecule has 6 rings (SSSR count). The smallest absolute Gasteiger partial charge is 0.254 e. The van der Waals surface area contributed by atoms with Crippen molar-refractivity contribution in [1.82, 2.24) is 25.6 Å². The van der Waals surface area contributed by atoms with Crippen molar-refractivity contribution in [1.29, 1.82) is 0 Å². The minimum absolute atomic E-state index is 0.0688. The number of fused-ring (bicyclic) bond motifs is 1. The van der Waals surface area contributed by atoms with Gasteiger partial charge >= 0.3 is 0 Å². The van der Waals surface area contributed by atoms with Crippen LogP contribution < -0.4 is 31.5 Å². The van der Waals surface area contributed by atoms with Gasteiger partial charge < -0.3 is 26.0 Å². The van der Waals surface area contributed by atoms with Gasteiger partial charge in [0, 0.05) is 49.3 Å². The molecule has 5 N–H and O–H groups in total. The minimum atomic E-state index is 0.0688. The van der Waals surface area contributed by atoms with Crippen molar-refractivity contribution in [3.05, 3.63) is 35.0 Å². The van der Waals surface area contributed by atoms with Crippen LogP contribution in [-0.4, -0.2) is 60.6 Å². The molecule has 2 saturated heterocycles. The Morgan fingerprint density at radius 2 is 2.06 bits per heavy atom. The lowest BCUT2D eigenvalue weighted by molar-refractivity contribution is -0.0248. The third-order valence-corrected chi connectivity index (χ3v) is 7.92. The van der Waals surface area contributed by atoms with Gasteiger partial charge in [-0.3, -0.25) is 9.80 Å². The molecular weight excluding hydrogens is 444 g/mol. The number of hydrogen-bond donors (Lipinski definition) is 4. The molecule has 2 aromatic rings. The van der Waals surface area contributed by atoms with E-state index in [1.54, 1.807) is 7.11 Å². The molecular formula is C25H34N8O2. The van der Waals surface area contributed by atoms with Crippen LogP contribution in [0.15, 0.2) is 18.2 Å². The van der Waals surface area contributed by atoms with Crippen molar-refractivity contribution in [3.8, 4) is 5.75 Å². The van der Waals surface area contributed by atoms with E-state index in [1.807, 2.05) is 28.1 Å². The van der Waals surface area contributed by atoms with Crippen LogP contribution in [0.5, 0.6) is 5.75 Å². The zero-order valence-electron chi connectivity index (χ0n) is 20.3. The first kappa shape index (κ1) is 22.4. The fourth-order valence-electron chi connectivity index (χ4n) is 5.86. The Balaban J connectivity index is 1.18. The van der Waals surface area contributed by atoms with Gasteiger partial charge in [0.15, 0.2) is 5.82 Å². The van der Waals surface area contributed by atoms with Crippen molar-refractivity contribution in [2.45, 2.75) is 38.8 Å². The number of ether oxygens (including phenoxy) is 1. The maximum Gasteiger partial charge on any atom is 0.254 e. The largest absolute Gasteiger partial charge is 0.496 e. The van der Waals surface area contributed by atoms with Gasteiger partial charge in [-0.15, -0.1) is 0 Å². The Labute approximate surface area is 205 Å². The Hall–Kier alpha value is -3.11. The average Bonchev–Trinajstić information content (AvgIpc) is 3.46. The number of hydrazine groups is 1. The molecule has 0 bridgehead atoms. The summed E-state index contributed by atoms with van der Waals surface area (Å²) in [6, 6.07) is 5.74. The minimum Gasteiger partial charge on any atom is -0.496 e. The van der Waals surface area contributed by atoms with Gasteiger partial charge in [-0.2, -0.15) is 4.98 Å². The van der Waals surface area contributed by atoms with Crippen molar-refractivity contribution in [3.63, 3.8) is 0 Å². The highest BCUT2D eigenvalue weighted by atomic mass is 16.5. The van der Waals surface area contributed by atoms with Gasteiger partial charge in [0.1, 0.15) is 11.4 Å². The van der Waals surface area contributed by atoms with Crippen molar-refractivity contribution in [2.24, 2.45) is 11.3 Å². The summed E-state index contributed by atoms with van der Waals surface area (Å²) in [6.45, 7) is 5.71. The van der Waals surface area contributed by atoms with Gasteiger partial charge in [0.05, 0.1) is 25.9 Å². The predicted octanol–water partition coefficient (Wildman–Crippen LogP) is 1.74. The fraction of sp³-hybridized carbons (Fsp3) is 0.560. The van der Waals surface area contributed by atoms with Crippen molar-refractivity contribution in [2.75, 3.05) is 55.9 Å². The lowest BCUT2D eigenvalue weighted by Gasteiger charge is -2.56. The number of carbonyl (C=O) groups excluding carboxylic acids is 1. The molecule has 0 radical (unpaired) electrons. The number of nitrogens with one attached hydrogen (secondary N) is 3. The van der Waals surface area contributed by atoms with E-state index in [0.29, 0.717) is 35.7 Å². The molecule has 1 aromatic carbocycles. The van der Waals surface area contributed by atoms with Crippen LogP contribution in [-0.2, 0) is 13.1 Å². The third-order valence-electron chi connectivity index (χ3n) is 7.92. The zero-order valence-corrected chi connectivity index (χ0v) is 20.3. The van der Waals surface area contributed by atoms with E-state index in [1.165, 1.54) is 25.7 Å². The van der Waals surface area contributed by atoms with E-state index in [4.69, 9.17) is 10.5 Å². The number of anilines is 3. The normalized spacial score (nSPS) is 20.5. The monoisotopic (exact) mass is 478 g/mol. The lowest BCUT2D eigenvalue weighted by Crippen LogP contribution is -2.71. The highest BCUT2D eigenvalue weighted by molar-refractivity contribution is 5.95. The van der Waals surface area contributed by atoms with E-state index >= 15 is 0 Å². The number of methoxy groups -OCH3 is 1. The highest BCUT2D eigenvalue weighted by Gasteiger charge is 2.49. The number of hydrogen-bond acceptors (Lipinski definition) is 9. The van der Waals surface area contributed by atoms with Crippen LogP contribution in [0.3, 0.4) is 0 Å². The van der Waals surface area contributed by atoms with Crippen LogP contribution in [0.25, 0.3) is 0 Å². The van der Waals surface area contributed by atoms with E-state index in [2.05, 4.69) is 26.0 Å². The molecule has 1 aromatic heterocycles. The molecule has 1 saturated carbocycles. The van der Waals surface area contributed by atoms with E-state index < -0.39 is 0 Å². The molecule has 4 aliphatic rings. The highest BCUT2D eigenvalue weighted by Crippen LogP contribution is 2.37. The number of benzene rings is 1. The number of likely N-dealkylation sites (tertiary alicyclic amines) is 1. The average molecular weight is 479 g/mol. The zero-order chi connectivity index (χ0) is 24.0. The summed E-state index contributed by atoms with van der Waals surface area (Å²) in [4.78, 5) is 23.9. The molecule has 186 valence electrons. The summed E-state index contributed by atoms with van der Waals surface area (Å²) < 4.78 is 5.70. The molecule has 10 nitrogen and oxygen atoms in total. The second-order valence-corrected chi connectivity index (χ2v) is 10.5. The van der Waals surface area contributed by atoms with E-state index in [9.17, 15) is 4.79 Å². The van der Waals surface area contributed by atoms with Gasteiger partial charge in [0.25, 0.3) is 5.91 Å². The summed E-state index contributed by atoms with van der Waals surface area (Å²) in [5, 5.41) is 8.90. The lowest BCUT2D eigenvalue weighted by atomic mass is 9.74. The number of nitrogens with two attached hydrogens (primary N) is 1. The molecule has 0 unspecified atom stereocenters. The third kappa shape index (κ3) is 4.14. The molecule has 35 heavy (non-hydrogen) atoms. The first-order valence-electron chi connectivity index (χ1n) is 12.6. The summed E-state index contributed by atoms with van der Waals surface area (Å²) in [5.74, 6) is 2.50. The second-order valence-electron chi connectivity index (χ2n) is 10.5. The molecule has 4 heterocycles. The number of aromatic nitrogens is 2. The molecule has 10 heteroatoms. The van der Waals surface area contributed by atoms with Crippen LogP contribution in [0, 0.1) is 11.3 Å². The van der Waals surface area contributed by atoms with E-state index in [-0.39, 0.29) is 11.9 Å². The van der Waals surface area contributed by atoms with Gasteiger partial charge in [-0.25, -0.2) is 10.4 Å². The van der Waals surface area contributed by atoms with Crippen molar-refractivity contribution >= 4 is 23.4 Å². The van der Waals surface area contributed by atoms with Crippen LogP contribution in [0.2, 0.25) is 0 Å². The molecule has 1 spiro atoms. The topological polar surface area (TPSA) is 121 Å². The maximum atomic E-state index is 13.0. The Kier molecular flexibility index (Phi) is 5.64. The van der Waals surface area contributed by atoms with E-state index in [0.717, 1.165) is 55.5 Å². The van der Waals surface area contributed by atoms with Gasteiger partial charge in [-0.1, -0.05) is 18.9 Å². The molecule has 0 atom stereocenters. The van der Waals surface area contributed by atoms with Crippen molar-refractivity contribution < 1.29 is 9.53 Å². The van der Waals surface area contributed by atoms with Crippen LogP contribution in [0.1, 0.15) is 47.3 Å². The fourth-order valence-corrected chi connectivity index (χ4v) is 5.86. The number of nitrogens with zero attached hydrogens (tertiary/aromatic N) is 4. The second kappa shape index (κ2) is 8.83. The molecule has 3 fully saturated rings. The predicted molar refractivity (Wildman–Crippen MR) is 134 cm³/mol.